The monoisotopic (exact) mass is 251 g/mol. The molecule has 0 unspecified atom stereocenters. The van der Waals surface area contributed by atoms with Crippen LogP contribution in [0.2, 0.25) is 0 Å². The van der Waals surface area contributed by atoms with E-state index in [1.165, 1.54) is 24.3 Å². The van der Waals surface area contributed by atoms with Gasteiger partial charge in [0.2, 0.25) is 5.91 Å². The Morgan fingerprint density at radius 2 is 2.06 bits per heavy atom. The molecule has 1 aliphatic heterocycles. The lowest BCUT2D eigenvalue weighted by Gasteiger charge is -2.26. The summed E-state index contributed by atoms with van der Waals surface area (Å²) < 4.78 is 17.7. The number of morpholine rings is 1. The van der Waals surface area contributed by atoms with E-state index in [1.54, 1.807) is 4.90 Å². The number of nitrogens with zero attached hydrogens (tertiary/aromatic N) is 1. The normalized spacial score (nSPS) is 15.8. The maximum atomic E-state index is 12.7. The molecule has 0 bridgehead atoms. The third-order valence-electron chi connectivity index (χ3n) is 2.86. The summed E-state index contributed by atoms with van der Waals surface area (Å²) in [6.45, 7) is 1.51. The van der Waals surface area contributed by atoms with E-state index < -0.39 is 0 Å². The smallest absolute Gasteiger partial charge is 0.248 e. The second-order valence-corrected chi connectivity index (χ2v) is 4.11. The Morgan fingerprint density at radius 3 is 2.72 bits per heavy atom. The molecule has 1 aliphatic rings. The Labute approximate surface area is 104 Å². The fraction of sp³-hybridized carbons (Fsp3) is 0.385. The summed E-state index contributed by atoms with van der Waals surface area (Å²) in [5, 5.41) is 0. The van der Waals surface area contributed by atoms with Crippen molar-refractivity contribution in [1.82, 2.24) is 4.90 Å². The highest BCUT2D eigenvalue weighted by molar-refractivity contribution is 5.96. The van der Waals surface area contributed by atoms with Crippen LogP contribution in [0, 0.1) is 5.82 Å². The number of carbonyl (C=O) groups is 2. The van der Waals surface area contributed by atoms with Gasteiger partial charge in [0.1, 0.15) is 12.4 Å². The predicted molar refractivity (Wildman–Crippen MR) is 62.7 cm³/mol. The Kier molecular flexibility index (Phi) is 4.04. The summed E-state index contributed by atoms with van der Waals surface area (Å²) in [4.78, 5) is 24.9. The van der Waals surface area contributed by atoms with Crippen LogP contribution < -0.4 is 0 Å². The molecule has 2 rings (SSSR count). The summed E-state index contributed by atoms with van der Waals surface area (Å²) in [5.41, 5.74) is 0.470. The molecule has 1 aromatic carbocycles. The standard InChI is InChI=1S/C13H14FNO3/c14-11-3-1-10(2-4-11)12(16)5-6-15-7-8-18-9-13(15)17/h1-4H,5-9H2. The van der Waals surface area contributed by atoms with E-state index in [-0.39, 0.29) is 30.5 Å². The number of benzene rings is 1. The minimum atomic E-state index is -0.366. The van der Waals surface area contributed by atoms with Crippen molar-refractivity contribution in [1.29, 1.82) is 0 Å². The molecule has 5 heteroatoms. The van der Waals surface area contributed by atoms with E-state index in [9.17, 15) is 14.0 Å². The fourth-order valence-electron chi connectivity index (χ4n) is 1.80. The SMILES string of the molecule is O=C(CCN1CCOCC1=O)c1ccc(F)cc1. The van der Waals surface area contributed by atoms with E-state index in [0.717, 1.165) is 0 Å². The Balaban J connectivity index is 1.88. The minimum absolute atomic E-state index is 0.0880. The first-order valence-electron chi connectivity index (χ1n) is 5.81. The number of carbonyl (C=O) groups excluding carboxylic acids is 2. The van der Waals surface area contributed by atoms with Gasteiger partial charge in [-0.25, -0.2) is 4.39 Å². The molecule has 1 amide bonds. The molecule has 0 aliphatic carbocycles. The molecule has 0 radical (unpaired) electrons. The summed E-state index contributed by atoms with van der Waals surface area (Å²) >= 11 is 0. The lowest BCUT2D eigenvalue weighted by atomic mass is 10.1. The number of rotatable bonds is 4. The largest absolute Gasteiger partial charge is 0.370 e. The molecule has 96 valence electrons. The molecule has 1 heterocycles. The summed E-state index contributed by atoms with van der Waals surface area (Å²) in [7, 11) is 0. The van der Waals surface area contributed by atoms with E-state index >= 15 is 0 Å². The topological polar surface area (TPSA) is 46.6 Å². The van der Waals surface area contributed by atoms with Gasteiger partial charge in [-0.2, -0.15) is 0 Å². The van der Waals surface area contributed by atoms with Gasteiger partial charge >= 0.3 is 0 Å². The summed E-state index contributed by atoms with van der Waals surface area (Å²) in [6, 6.07) is 5.43. The van der Waals surface area contributed by atoms with Gasteiger partial charge in [-0.05, 0) is 24.3 Å². The molecule has 0 atom stereocenters. The van der Waals surface area contributed by atoms with Gasteiger partial charge in [0, 0.05) is 25.1 Å². The number of hydrogen-bond donors (Lipinski definition) is 0. The summed E-state index contributed by atoms with van der Waals surface area (Å²) in [5.74, 6) is -0.544. The molecule has 4 nitrogen and oxygen atoms in total. The highest BCUT2D eigenvalue weighted by Gasteiger charge is 2.19. The first-order valence-corrected chi connectivity index (χ1v) is 5.81. The first-order chi connectivity index (χ1) is 8.66. The van der Waals surface area contributed by atoms with Crippen LogP contribution in [0.5, 0.6) is 0 Å². The van der Waals surface area contributed by atoms with Gasteiger partial charge in [0.25, 0.3) is 0 Å². The fourth-order valence-corrected chi connectivity index (χ4v) is 1.80. The number of hydrogen-bond acceptors (Lipinski definition) is 3. The zero-order valence-corrected chi connectivity index (χ0v) is 9.89. The van der Waals surface area contributed by atoms with E-state index in [2.05, 4.69) is 0 Å². The van der Waals surface area contributed by atoms with Crippen LogP contribution in [-0.2, 0) is 9.53 Å². The molecule has 0 aromatic heterocycles. The molecule has 0 saturated carbocycles. The number of Topliss-reactive ketones (excluding diaryl/α,β-unsaturated/α-hetero) is 1. The van der Waals surface area contributed by atoms with Gasteiger partial charge in [-0.15, -0.1) is 0 Å². The van der Waals surface area contributed by atoms with Crippen molar-refractivity contribution in [3.8, 4) is 0 Å². The van der Waals surface area contributed by atoms with Crippen LogP contribution in [-0.4, -0.2) is 42.9 Å². The van der Waals surface area contributed by atoms with Crippen LogP contribution in [0.25, 0.3) is 0 Å². The van der Waals surface area contributed by atoms with Gasteiger partial charge in [-0.3, -0.25) is 9.59 Å². The van der Waals surface area contributed by atoms with Crippen LogP contribution in [0.3, 0.4) is 0 Å². The quantitative estimate of drug-likeness (QED) is 0.757. The Hall–Kier alpha value is -1.75. The van der Waals surface area contributed by atoms with E-state index in [0.29, 0.717) is 25.3 Å². The van der Waals surface area contributed by atoms with Gasteiger partial charge < -0.3 is 9.64 Å². The second-order valence-electron chi connectivity index (χ2n) is 4.11. The zero-order valence-electron chi connectivity index (χ0n) is 9.89. The first kappa shape index (κ1) is 12.7. The van der Waals surface area contributed by atoms with Crippen LogP contribution in [0.4, 0.5) is 4.39 Å². The average molecular weight is 251 g/mol. The van der Waals surface area contributed by atoms with Crippen molar-refractivity contribution < 1.29 is 18.7 Å². The minimum Gasteiger partial charge on any atom is -0.370 e. The van der Waals surface area contributed by atoms with Crippen molar-refractivity contribution in [2.75, 3.05) is 26.3 Å². The number of ketones is 1. The van der Waals surface area contributed by atoms with Crippen molar-refractivity contribution in [2.24, 2.45) is 0 Å². The Morgan fingerprint density at radius 1 is 1.33 bits per heavy atom. The van der Waals surface area contributed by atoms with Crippen molar-refractivity contribution in [3.05, 3.63) is 35.6 Å². The van der Waals surface area contributed by atoms with E-state index in [1.807, 2.05) is 0 Å². The Bertz CT molecular complexity index is 444. The van der Waals surface area contributed by atoms with Crippen LogP contribution in [0.15, 0.2) is 24.3 Å². The third-order valence-corrected chi connectivity index (χ3v) is 2.86. The highest BCUT2D eigenvalue weighted by Crippen LogP contribution is 2.07. The second kappa shape index (κ2) is 5.73. The van der Waals surface area contributed by atoms with E-state index in [4.69, 9.17) is 4.74 Å². The molecular weight excluding hydrogens is 237 g/mol. The average Bonchev–Trinajstić information content (AvgIpc) is 2.38. The number of ether oxygens (including phenoxy) is 1. The lowest BCUT2D eigenvalue weighted by Crippen LogP contribution is -2.42. The van der Waals surface area contributed by atoms with Crippen LogP contribution in [0.1, 0.15) is 16.8 Å². The molecule has 1 saturated heterocycles. The molecule has 0 spiro atoms. The molecule has 18 heavy (non-hydrogen) atoms. The zero-order chi connectivity index (χ0) is 13.0. The molecule has 0 N–H and O–H groups in total. The highest BCUT2D eigenvalue weighted by atomic mass is 19.1. The number of amides is 1. The van der Waals surface area contributed by atoms with Crippen molar-refractivity contribution >= 4 is 11.7 Å². The third kappa shape index (κ3) is 3.13. The van der Waals surface area contributed by atoms with Crippen LogP contribution >= 0.6 is 0 Å². The summed E-state index contributed by atoms with van der Waals surface area (Å²) in [6.07, 6.45) is 0.247. The molecule has 1 fully saturated rings. The number of halogens is 1. The maximum absolute atomic E-state index is 12.7. The predicted octanol–water partition coefficient (Wildman–Crippen LogP) is 1.26. The van der Waals surface area contributed by atoms with Gasteiger partial charge in [0.05, 0.1) is 6.61 Å². The van der Waals surface area contributed by atoms with Gasteiger partial charge in [0.15, 0.2) is 5.78 Å². The molecular formula is C13H14FNO3. The van der Waals surface area contributed by atoms with Crippen molar-refractivity contribution in [2.45, 2.75) is 6.42 Å². The lowest BCUT2D eigenvalue weighted by molar-refractivity contribution is -0.142. The maximum Gasteiger partial charge on any atom is 0.248 e. The van der Waals surface area contributed by atoms with Crippen molar-refractivity contribution in [3.63, 3.8) is 0 Å². The molecule has 1 aromatic rings. The van der Waals surface area contributed by atoms with Gasteiger partial charge in [-0.1, -0.05) is 0 Å².